The number of carbonyl (C=O) groups is 1. The third-order valence-corrected chi connectivity index (χ3v) is 3.49. The molecule has 3 rings (SSSR count). The summed E-state index contributed by atoms with van der Waals surface area (Å²) < 4.78 is 13.6. The number of carbonyl (C=O) groups excluding carboxylic acids is 1. The monoisotopic (exact) mass is 255 g/mol. The molecule has 1 aliphatic rings. The molecule has 0 saturated heterocycles. The lowest BCUT2D eigenvalue weighted by molar-refractivity contribution is 0.101. The second-order valence-electron chi connectivity index (χ2n) is 4.78. The van der Waals surface area contributed by atoms with Crippen LogP contribution in [0.4, 0.5) is 15.8 Å². The number of ketones is 1. The number of para-hydroxylation sites is 1. The molecule has 0 amide bonds. The summed E-state index contributed by atoms with van der Waals surface area (Å²) >= 11 is 0. The van der Waals surface area contributed by atoms with Crippen molar-refractivity contribution in [1.29, 1.82) is 0 Å². The fourth-order valence-corrected chi connectivity index (χ4v) is 2.54. The van der Waals surface area contributed by atoms with E-state index in [1.54, 1.807) is 6.07 Å². The van der Waals surface area contributed by atoms with Crippen LogP contribution in [-0.2, 0) is 6.42 Å². The Kier molecular flexibility index (Phi) is 2.82. The zero-order valence-corrected chi connectivity index (χ0v) is 10.7. The van der Waals surface area contributed by atoms with Gasteiger partial charge in [-0.2, -0.15) is 0 Å². The van der Waals surface area contributed by atoms with Gasteiger partial charge in [0.2, 0.25) is 0 Å². The van der Waals surface area contributed by atoms with E-state index >= 15 is 0 Å². The van der Waals surface area contributed by atoms with Crippen molar-refractivity contribution in [2.45, 2.75) is 13.3 Å². The molecule has 0 bridgehead atoms. The van der Waals surface area contributed by atoms with E-state index in [1.165, 1.54) is 24.6 Å². The molecule has 3 heteroatoms. The Morgan fingerprint density at radius 3 is 2.79 bits per heavy atom. The smallest absolute Gasteiger partial charge is 0.159 e. The second kappa shape index (κ2) is 4.50. The minimum absolute atomic E-state index is 0.117. The molecular formula is C16H14FNO. The number of nitrogens with zero attached hydrogens (tertiary/aromatic N) is 1. The predicted octanol–water partition coefficient (Wildman–Crippen LogP) is 3.72. The van der Waals surface area contributed by atoms with E-state index in [0.717, 1.165) is 24.3 Å². The Morgan fingerprint density at radius 1 is 1.21 bits per heavy atom. The van der Waals surface area contributed by atoms with Gasteiger partial charge in [-0.05, 0) is 43.2 Å². The van der Waals surface area contributed by atoms with Crippen LogP contribution in [0.5, 0.6) is 0 Å². The highest BCUT2D eigenvalue weighted by Crippen LogP contribution is 2.34. The molecule has 1 aliphatic heterocycles. The molecule has 19 heavy (non-hydrogen) atoms. The quantitative estimate of drug-likeness (QED) is 0.762. The zero-order valence-electron chi connectivity index (χ0n) is 10.7. The second-order valence-corrected chi connectivity index (χ2v) is 4.78. The van der Waals surface area contributed by atoms with Crippen LogP contribution in [0.3, 0.4) is 0 Å². The summed E-state index contributed by atoms with van der Waals surface area (Å²) in [6.07, 6.45) is 0.947. The number of hydrogen-bond donors (Lipinski definition) is 0. The molecule has 0 fully saturated rings. The summed E-state index contributed by atoms with van der Waals surface area (Å²) in [5.74, 6) is -0.486. The van der Waals surface area contributed by atoms with Crippen LogP contribution < -0.4 is 4.90 Å². The third kappa shape index (κ3) is 2.12. The number of benzene rings is 2. The lowest BCUT2D eigenvalue weighted by Crippen LogP contribution is -2.14. The van der Waals surface area contributed by atoms with Gasteiger partial charge in [-0.1, -0.05) is 18.2 Å². The molecule has 0 N–H and O–H groups in total. The number of anilines is 2. The van der Waals surface area contributed by atoms with Gasteiger partial charge >= 0.3 is 0 Å². The van der Waals surface area contributed by atoms with Gasteiger partial charge in [0.1, 0.15) is 5.82 Å². The van der Waals surface area contributed by atoms with Crippen LogP contribution in [0.1, 0.15) is 22.8 Å². The van der Waals surface area contributed by atoms with Crippen molar-refractivity contribution in [3.8, 4) is 0 Å². The largest absolute Gasteiger partial charge is 0.341 e. The van der Waals surface area contributed by atoms with Gasteiger partial charge in [0.25, 0.3) is 0 Å². The van der Waals surface area contributed by atoms with E-state index in [1.807, 2.05) is 18.2 Å². The zero-order chi connectivity index (χ0) is 13.4. The standard InChI is InChI=1S/C16H14FNO/c1-11(19)13-8-14(17)10-15(9-13)18-7-6-12-4-2-3-5-16(12)18/h2-5,8-10H,6-7H2,1H3. The summed E-state index contributed by atoms with van der Waals surface area (Å²) in [4.78, 5) is 13.5. The fraction of sp³-hybridized carbons (Fsp3) is 0.188. The molecule has 2 nitrogen and oxygen atoms in total. The topological polar surface area (TPSA) is 20.3 Å². The fourth-order valence-electron chi connectivity index (χ4n) is 2.54. The molecule has 2 aromatic rings. The van der Waals surface area contributed by atoms with E-state index in [0.29, 0.717) is 5.56 Å². The minimum Gasteiger partial charge on any atom is -0.341 e. The lowest BCUT2D eigenvalue weighted by Gasteiger charge is -2.20. The maximum atomic E-state index is 13.6. The first-order chi connectivity index (χ1) is 9.15. The average Bonchev–Trinajstić information content (AvgIpc) is 2.81. The molecule has 96 valence electrons. The number of hydrogen-bond acceptors (Lipinski definition) is 2. The first kappa shape index (κ1) is 11.9. The molecule has 1 heterocycles. The molecule has 0 radical (unpaired) electrons. The van der Waals surface area contributed by atoms with E-state index in [9.17, 15) is 9.18 Å². The number of halogens is 1. The van der Waals surface area contributed by atoms with Gasteiger partial charge < -0.3 is 4.90 Å². The molecule has 0 unspecified atom stereocenters. The normalized spacial score (nSPS) is 13.5. The van der Waals surface area contributed by atoms with Crippen LogP contribution in [-0.4, -0.2) is 12.3 Å². The van der Waals surface area contributed by atoms with Gasteiger partial charge in [0.15, 0.2) is 5.78 Å². The average molecular weight is 255 g/mol. The minimum atomic E-state index is -0.368. The number of fused-ring (bicyclic) bond motifs is 1. The van der Waals surface area contributed by atoms with Gasteiger partial charge in [0, 0.05) is 23.5 Å². The molecular weight excluding hydrogens is 241 g/mol. The van der Waals surface area contributed by atoms with Crippen LogP contribution in [0.15, 0.2) is 42.5 Å². The highest BCUT2D eigenvalue weighted by molar-refractivity contribution is 5.95. The highest BCUT2D eigenvalue weighted by Gasteiger charge is 2.20. The van der Waals surface area contributed by atoms with Gasteiger partial charge in [-0.3, -0.25) is 4.79 Å². The summed E-state index contributed by atoms with van der Waals surface area (Å²) in [5.41, 5.74) is 3.52. The van der Waals surface area contributed by atoms with Crippen LogP contribution in [0.2, 0.25) is 0 Å². The van der Waals surface area contributed by atoms with Crippen molar-refractivity contribution in [2.75, 3.05) is 11.4 Å². The van der Waals surface area contributed by atoms with E-state index < -0.39 is 0 Å². The van der Waals surface area contributed by atoms with Crippen molar-refractivity contribution >= 4 is 17.2 Å². The first-order valence-electron chi connectivity index (χ1n) is 6.32. The lowest BCUT2D eigenvalue weighted by atomic mass is 10.1. The highest BCUT2D eigenvalue weighted by atomic mass is 19.1. The van der Waals surface area contributed by atoms with Crippen molar-refractivity contribution < 1.29 is 9.18 Å². The maximum absolute atomic E-state index is 13.6. The Bertz CT molecular complexity index is 651. The third-order valence-electron chi connectivity index (χ3n) is 3.49. The Hall–Kier alpha value is -2.16. The predicted molar refractivity (Wildman–Crippen MR) is 73.6 cm³/mol. The van der Waals surface area contributed by atoms with Crippen LogP contribution >= 0.6 is 0 Å². The van der Waals surface area contributed by atoms with E-state index in [-0.39, 0.29) is 11.6 Å². The summed E-state index contributed by atoms with van der Waals surface area (Å²) in [6, 6.07) is 12.6. The number of rotatable bonds is 2. The van der Waals surface area contributed by atoms with Crippen molar-refractivity contribution in [2.24, 2.45) is 0 Å². The summed E-state index contributed by atoms with van der Waals surface area (Å²) in [7, 11) is 0. The molecule has 0 atom stereocenters. The maximum Gasteiger partial charge on any atom is 0.159 e. The van der Waals surface area contributed by atoms with Crippen molar-refractivity contribution in [3.63, 3.8) is 0 Å². The number of Topliss-reactive ketones (excluding diaryl/α,β-unsaturated/α-hetero) is 1. The van der Waals surface area contributed by atoms with Gasteiger partial charge in [0.05, 0.1) is 0 Å². The van der Waals surface area contributed by atoms with E-state index in [2.05, 4.69) is 11.0 Å². The molecule has 0 saturated carbocycles. The van der Waals surface area contributed by atoms with Crippen molar-refractivity contribution in [1.82, 2.24) is 0 Å². The Balaban J connectivity index is 2.07. The van der Waals surface area contributed by atoms with Gasteiger partial charge in [-0.25, -0.2) is 4.39 Å². The van der Waals surface area contributed by atoms with Crippen molar-refractivity contribution in [3.05, 3.63) is 59.4 Å². The Morgan fingerprint density at radius 2 is 2.00 bits per heavy atom. The molecule has 0 spiro atoms. The molecule has 0 aromatic heterocycles. The summed E-state index contributed by atoms with van der Waals surface area (Å²) in [6.45, 7) is 2.27. The first-order valence-corrected chi connectivity index (χ1v) is 6.32. The van der Waals surface area contributed by atoms with Gasteiger partial charge in [-0.15, -0.1) is 0 Å². The molecule has 0 aliphatic carbocycles. The van der Waals surface area contributed by atoms with Crippen LogP contribution in [0.25, 0.3) is 0 Å². The molecule has 2 aromatic carbocycles. The summed E-state index contributed by atoms with van der Waals surface area (Å²) in [5, 5.41) is 0. The Labute approximate surface area is 111 Å². The van der Waals surface area contributed by atoms with E-state index in [4.69, 9.17) is 0 Å². The SMILES string of the molecule is CC(=O)c1cc(F)cc(N2CCc3ccccc32)c1. The van der Waals surface area contributed by atoms with Crippen LogP contribution in [0, 0.1) is 5.82 Å².